The van der Waals surface area contributed by atoms with E-state index < -0.39 is 27.9 Å². The molecule has 1 atom stereocenters. The molecule has 0 saturated carbocycles. The van der Waals surface area contributed by atoms with Gasteiger partial charge in [0.2, 0.25) is 10.0 Å². The van der Waals surface area contributed by atoms with Crippen LogP contribution >= 0.6 is 22.9 Å². The molecule has 0 saturated heterocycles. The van der Waals surface area contributed by atoms with E-state index in [4.69, 9.17) is 16.3 Å². The molecule has 0 aliphatic heterocycles. The molecule has 2 rings (SSSR count). The SMILES string of the molecule is CCN(CC)S(=O)(=O)c1ccc(Cl)c(C(=O)NC(CC(=O)OC)c2cccs2)c1. The Kier molecular flexibility index (Phi) is 8.21. The second-order valence-electron chi connectivity index (χ2n) is 6.05. The predicted octanol–water partition coefficient (Wildman–Crippen LogP) is 3.47. The molecule has 0 fully saturated rings. The first-order valence-corrected chi connectivity index (χ1v) is 11.6. The average molecular weight is 459 g/mol. The number of methoxy groups -OCH3 is 1. The van der Waals surface area contributed by atoms with E-state index in [0.29, 0.717) is 13.1 Å². The minimum atomic E-state index is -3.75. The third kappa shape index (κ3) is 5.57. The molecule has 0 aliphatic rings. The summed E-state index contributed by atoms with van der Waals surface area (Å²) in [6.07, 6.45) is -0.0577. The van der Waals surface area contributed by atoms with Crippen molar-refractivity contribution in [2.45, 2.75) is 31.2 Å². The number of rotatable bonds is 9. The molecule has 1 heterocycles. The zero-order valence-electron chi connectivity index (χ0n) is 16.3. The van der Waals surface area contributed by atoms with E-state index in [1.165, 1.54) is 41.0 Å². The van der Waals surface area contributed by atoms with Crippen molar-refractivity contribution in [3.8, 4) is 0 Å². The fourth-order valence-corrected chi connectivity index (χ4v) is 5.22. The minimum Gasteiger partial charge on any atom is -0.469 e. The number of hydrogen-bond donors (Lipinski definition) is 1. The summed E-state index contributed by atoms with van der Waals surface area (Å²) < 4.78 is 31.5. The Labute approximate surface area is 179 Å². The van der Waals surface area contributed by atoms with Gasteiger partial charge < -0.3 is 10.1 Å². The third-order valence-electron chi connectivity index (χ3n) is 4.32. The van der Waals surface area contributed by atoms with Crippen LogP contribution in [0.2, 0.25) is 5.02 Å². The zero-order chi connectivity index (χ0) is 21.6. The Morgan fingerprint density at radius 2 is 1.93 bits per heavy atom. The number of nitrogens with one attached hydrogen (secondary N) is 1. The lowest BCUT2D eigenvalue weighted by Gasteiger charge is -2.20. The Bertz CT molecular complexity index is 957. The van der Waals surface area contributed by atoms with E-state index in [9.17, 15) is 18.0 Å². The number of hydrogen-bond acceptors (Lipinski definition) is 6. The molecule has 2 aromatic rings. The van der Waals surface area contributed by atoms with Crippen molar-refractivity contribution < 1.29 is 22.7 Å². The Morgan fingerprint density at radius 1 is 1.24 bits per heavy atom. The van der Waals surface area contributed by atoms with Crippen LogP contribution in [0.15, 0.2) is 40.6 Å². The number of thiophene rings is 1. The van der Waals surface area contributed by atoms with Crippen LogP contribution in [0.3, 0.4) is 0 Å². The van der Waals surface area contributed by atoms with Crippen LogP contribution in [-0.4, -0.2) is 44.8 Å². The average Bonchev–Trinajstić information content (AvgIpc) is 3.22. The van der Waals surface area contributed by atoms with Crippen molar-refractivity contribution >= 4 is 44.8 Å². The van der Waals surface area contributed by atoms with Gasteiger partial charge in [-0.15, -0.1) is 11.3 Å². The Balaban J connectivity index is 2.35. The molecule has 10 heteroatoms. The number of esters is 1. The summed E-state index contributed by atoms with van der Waals surface area (Å²) in [5, 5.41) is 4.70. The van der Waals surface area contributed by atoms with E-state index >= 15 is 0 Å². The Hall–Kier alpha value is -1.94. The fourth-order valence-electron chi connectivity index (χ4n) is 2.75. The highest BCUT2D eigenvalue weighted by Gasteiger charge is 2.26. The molecule has 29 heavy (non-hydrogen) atoms. The van der Waals surface area contributed by atoms with Gasteiger partial charge in [0.25, 0.3) is 5.91 Å². The molecule has 1 aromatic carbocycles. The van der Waals surface area contributed by atoms with Gasteiger partial charge in [-0.25, -0.2) is 8.42 Å². The minimum absolute atomic E-state index is 0.0172. The second kappa shape index (κ2) is 10.2. The van der Waals surface area contributed by atoms with Crippen LogP contribution < -0.4 is 5.32 Å². The highest BCUT2D eigenvalue weighted by molar-refractivity contribution is 7.89. The van der Waals surface area contributed by atoms with Gasteiger partial charge in [0, 0.05) is 18.0 Å². The monoisotopic (exact) mass is 458 g/mol. The second-order valence-corrected chi connectivity index (χ2v) is 9.38. The molecule has 0 bridgehead atoms. The van der Waals surface area contributed by atoms with Gasteiger partial charge in [0.1, 0.15) is 0 Å². The normalized spacial score (nSPS) is 12.6. The molecule has 7 nitrogen and oxygen atoms in total. The van der Waals surface area contributed by atoms with Crippen molar-refractivity contribution in [2.24, 2.45) is 0 Å². The summed E-state index contributed by atoms with van der Waals surface area (Å²) in [7, 11) is -2.47. The molecule has 1 unspecified atom stereocenters. The summed E-state index contributed by atoms with van der Waals surface area (Å²) in [4.78, 5) is 25.4. The molecule has 1 N–H and O–H groups in total. The molecular weight excluding hydrogens is 436 g/mol. The number of carbonyl (C=O) groups is 2. The largest absolute Gasteiger partial charge is 0.469 e. The van der Waals surface area contributed by atoms with Crippen LogP contribution in [0.1, 0.15) is 41.5 Å². The van der Waals surface area contributed by atoms with Crippen molar-refractivity contribution in [1.29, 1.82) is 0 Å². The van der Waals surface area contributed by atoms with Crippen LogP contribution in [-0.2, 0) is 19.6 Å². The number of halogens is 1. The zero-order valence-corrected chi connectivity index (χ0v) is 18.7. The number of nitrogens with zero attached hydrogens (tertiary/aromatic N) is 1. The quantitative estimate of drug-likeness (QED) is 0.581. The first-order valence-electron chi connectivity index (χ1n) is 8.95. The van der Waals surface area contributed by atoms with Crippen LogP contribution in [0, 0.1) is 0 Å². The summed E-state index contributed by atoms with van der Waals surface area (Å²) in [6.45, 7) is 4.09. The standard InChI is InChI=1S/C19H23ClN2O5S2/c1-4-22(5-2)29(25,26)13-8-9-15(20)14(11-13)19(24)21-16(12-18(23)27-3)17-7-6-10-28-17/h6-11,16H,4-5,12H2,1-3H3,(H,21,24). The number of amides is 1. The first kappa shape index (κ1) is 23.3. The smallest absolute Gasteiger partial charge is 0.307 e. The topological polar surface area (TPSA) is 92.8 Å². The van der Waals surface area contributed by atoms with Gasteiger partial charge in [-0.3, -0.25) is 9.59 Å². The molecule has 0 aliphatic carbocycles. The van der Waals surface area contributed by atoms with E-state index in [0.717, 1.165) is 4.88 Å². The van der Waals surface area contributed by atoms with Crippen molar-refractivity contribution in [3.05, 3.63) is 51.2 Å². The molecule has 0 radical (unpaired) electrons. The predicted molar refractivity (Wildman–Crippen MR) is 113 cm³/mol. The fraction of sp³-hybridized carbons (Fsp3) is 0.368. The summed E-state index contributed by atoms with van der Waals surface area (Å²) in [5.74, 6) is -1.05. The lowest BCUT2D eigenvalue weighted by Crippen LogP contribution is -2.32. The molecular formula is C19H23ClN2O5S2. The van der Waals surface area contributed by atoms with Crippen LogP contribution in [0.5, 0.6) is 0 Å². The summed E-state index contributed by atoms with van der Waals surface area (Å²) in [5.41, 5.74) is 0.0197. The first-order chi connectivity index (χ1) is 13.7. The van der Waals surface area contributed by atoms with Gasteiger partial charge in [-0.2, -0.15) is 4.31 Å². The number of sulfonamides is 1. The summed E-state index contributed by atoms with van der Waals surface area (Å²) in [6, 6.07) is 7.00. The van der Waals surface area contributed by atoms with Crippen molar-refractivity contribution in [2.75, 3.05) is 20.2 Å². The van der Waals surface area contributed by atoms with E-state index in [-0.39, 0.29) is 21.9 Å². The molecule has 1 amide bonds. The maximum absolute atomic E-state index is 12.9. The Morgan fingerprint density at radius 3 is 2.48 bits per heavy atom. The van der Waals surface area contributed by atoms with Crippen molar-refractivity contribution in [1.82, 2.24) is 9.62 Å². The maximum atomic E-state index is 12.9. The molecule has 158 valence electrons. The molecule has 1 aromatic heterocycles. The van der Waals surface area contributed by atoms with Gasteiger partial charge in [-0.05, 0) is 29.6 Å². The van der Waals surface area contributed by atoms with E-state index in [1.807, 2.05) is 5.38 Å². The van der Waals surface area contributed by atoms with Crippen LogP contribution in [0.4, 0.5) is 0 Å². The lowest BCUT2D eigenvalue weighted by molar-refractivity contribution is -0.141. The van der Waals surface area contributed by atoms with Gasteiger partial charge >= 0.3 is 5.97 Å². The summed E-state index contributed by atoms with van der Waals surface area (Å²) >= 11 is 7.56. The maximum Gasteiger partial charge on any atom is 0.307 e. The number of benzene rings is 1. The van der Waals surface area contributed by atoms with E-state index in [1.54, 1.807) is 26.0 Å². The van der Waals surface area contributed by atoms with Gasteiger partial charge in [0.05, 0.1) is 35.1 Å². The van der Waals surface area contributed by atoms with Crippen LogP contribution in [0.25, 0.3) is 0 Å². The number of ether oxygens (including phenoxy) is 1. The van der Waals surface area contributed by atoms with Gasteiger partial charge in [0.15, 0.2) is 0 Å². The highest BCUT2D eigenvalue weighted by Crippen LogP contribution is 2.26. The highest BCUT2D eigenvalue weighted by atomic mass is 35.5. The van der Waals surface area contributed by atoms with Crippen molar-refractivity contribution in [3.63, 3.8) is 0 Å². The lowest BCUT2D eigenvalue weighted by atomic mass is 10.1. The van der Waals surface area contributed by atoms with Gasteiger partial charge in [-0.1, -0.05) is 31.5 Å². The number of carbonyl (C=O) groups excluding carboxylic acids is 2. The molecule has 0 spiro atoms. The van der Waals surface area contributed by atoms with E-state index in [2.05, 4.69) is 5.32 Å². The third-order valence-corrected chi connectivity index (χ3v) is 7.68.